The second-order valence-electron chi connectivity index (χ2n) is 5.45. The summed E-state index contributed by atoms with van der Waals surface area (Å²) in [4.78, 5) is 0. The molecule has 1 unspecified atom stereocenters. The number of nitrogens with zero attached hydrogens (tertiary/aromatic N) is 5. The van der Waals surface area contributed by atoms with Crippen molar-refractivity contribution in [3.63, 3.8) is 0 Å². The van der Waals surface area contributed by atoms with Crippen LogP contribution >= 0.6 is 11.8 Å². The zero-order chi connectivity index (χ0) is 16.7. The fraction of sp³-hybridized carbons (Fsp3) is 0.467. The number of aromatic nitrogens is 4. The first-order valence-electron chi connectivity index (χ1n) is 7.28. The molecule has 7 nitrogen and oxygen atoms in total. The minimum Gasteiger partial charge on any atom is -0.491 e. The Kier molecular flexibility index (Phi) is 6.38. The van der Waals surface area contributed by atoms with Gasteiger partial charge in [-0.2, -0.15) is 5.26 Å². The van der Waals surface area contributed by atoms with Crippen molar-refractivity contribution in [3.8, 4) is 11.8 Å². The smallest absolute Gasteiger partial charge is 0.209 e. The number of thioether (sulfide) groups is 1. The maximum atomic E-state index is 10.0. The van der Waals surface area contributed by atoms with Crippen molar-refractivity contribution >= 4 is 11.8 Å². The van der Waals surface area contributed by atoms with Crippen molar-refractivity contribution in [2.45, 2.75) is 31.7 Å². The van der Waals surface area contributed by atoms with E-state index in [-0.39, 0.29) is 6.61 Å². The molecule has 0 fully saturated rings. The summed E-state index contributed by atoms with van der Waals surface area (Å²) in [6.45, 7) is 5.10. The van der Waals surface area contributed by atoms with E-state index in [9.17, 15) is 5.11 Å². The van der Waals surface area contributed by atoms with Crippen LogP contribution in [0.4, 0.5) is 0 Å². The number of aliphatic hydroxyl groups excluding tert-OH is 1. The van der Waals surface area contributed by atoms with Crippen LogP contribution in [-0.4, -0.2) is 43.8 Å². The van der Waals surface area contributed by atoms with Gasteiger partial charge < -0.3 is 9.84 Å². The Balaban J connectivity index is 1.77. The Morgan fingerprint density at radius 3 is 2.74 bits per heavy atom. The van der Waals surface area contributed by atoms with E-state index < -0.39 is 6.10 Å². The number of tetrazole rings is 1. The van der Waals surface area contributed by atoms with E-state index in [1.54, 1.807) is 28.9 Å². The lowest BCUT2D eigenvalue weighted by molar-refractivity contribution is 0.126. The van der Waals surface area contributed by atoms with Gasteiger partial charge in [-0.15, -0.1) is 5.10 Å². The highest BCUT2D eigenvalue weighted by atomic mass is 32.2. The van der Waals surface area contributed by atoms with Crippen LogP contribution in [0.25, 0.3) is 0 Å². The summed E-state index contributed by atoms with van der Waals surface area (Å²) in [6, 6.07) is 8.82. The van der Waals surface area contributed by atoms with E-state index in [0.717, 1.165) is 6.54 Å². The lowest BCUT2D eigenvalue weighted by atomic mass is 10.2. The largest absolute Gasteiger partial charge is 0.491 e. The Morgan fingerprint density at radius 1 is 1.35 bits per heavy atom. The number of hydrogen-bond donors (Lipinski definition) is 1. The standard InChI is InChI=1S/C15H19N5O2S/c1-11(2)8-20-15(17-18-19-20)23-10-13(21)9-22-14-5-3-12(7-16)4-6-14/h3-6,11,13,21H,8-10H2,1-2H3. The maximum absolute atomic E-state index is 10.0. The molecule has 1 heterocycles. The van der Waals surface area contributed by atoms with Crippen molar-refractivity contribution in [1.82, 2.24) is 20.2 Å². The predicted molar refractivity (Wildman–Crippen MR) is 86.0 cm³/mol. The number of ether oxygens (including phenoxy) is 1. The fourth-order valence-electron chi connectivity index (χ4n) is 1.80. The molecule has 0 aliphatic carbocycles. The van der Waals surface area contributed by atoms with Crippen LogP contribution in [-0.2, 0) is 6.54 Å². The summed E-state index contributed by atoms with van der Waals surface area (Å²) in [5.41, 5.74) is 0.574. The van der Waals surface area contributed by atoms with E-state index in [1.165, 1.54) is 11.8 Å². The van der Waals surface area contributed by atoms with Crippen LogP contribution < -0.4 is 4.74 Å². The van der Waals surface area contributed by atoms with Crippen molar-refractivity contribution in [3.05, 3.63) is 29.8 Å². The number of rotatable bonds is 8. The molecule has 0 aliphatic rings. The molecule has 1 N–H and O–H groups in total. The predicted octanol–water partition coefficient (Wildman–Crippen LogP) is 1.73. The van der Waals surface area contributed by atoms with Crippen LogP contribution in [0.2, 0.25) is 0 Å². The zero-order valence-corrected chi connectivity index (χ0v) is 13.9. The molecule has 0 radical (unpaired) electrons. The summed E-state index contributed by atoms with van der Waals surface area (Å²) in [7, 11) is 0. The van der Waals surface area contributed by atoms with Crippen LogP contribution in [0.3, 0.4) is 0 Å². The Bertz CT molecular complexity index is 651. The van der Waals surface area contributed by atoms with Crippen molar-refractivity contribution < 1.29 is 9.84 Å². The van der Waals surface area contributed by atoms with Gasteiger partial charge >= 0.3 is 0 Å². The van der Waals surface area contributed by atoms with Gasteiger partial charge in [0.05, 0.1) is 17.7 Å². The van der Waals surface area contributed by atoms with E-state index >= 15 is 0 Å². The Morgan fingerprint density at radius 2 is 2.09 bits per heavy atom. The first-order valence-corrected chi connectivity index (χ1v) is 8.27. The Hall–Kier alpha value is -2.11. The van der Waals surface area contributed by atoms with Crippen LogP contribution in [0.1, 0.15) is 19.4 Å². The van der Waals surface area contributed by atoms with E-state index in [2.05, 4.69) is 29.4 Å². The molecular weight excluding hydrogens is 314 g/mol. The number of hydrogen-bond acceptors (Lipinski definition) is 7. The highest BCUT2D eigenvalue weighted by Gasteiger charge is 2.12. The first-order chi connectivity index (χ1) is 11.1. The minimum absolute atomic E-state index is 0.171. The molecule has 8 heteroatoms. The van der Waals surface area contributed by atoms with Gasteiger partial charge in [0.2, 0.25) is 5.16 Å². The third kappa shape index (κ3) is 5.54. The SMILES string of the molecule is CC(C)Cn1nnnc1SCC(O)COc1ccc(C#N)cc1. The van der Waals surface area contributed by atoms with Crippen molar-refractivity contribution in [1.29, 1.82) is 5.26 Å². The normalized spacial score (nSPS) is 12.1. The van der Waals surface area contributed by atoms with Crippen LogP contribution in [0, 0.1) is 17.2 Å². The Labute approximate surface area is 139 Å². The summed E-state index contributed by atoms with van der Waals surface area (Å²) < 4.78 is 7.24. The summed E-state index contributed by atoms with van der Waals surface area (Å²) in [6.07, 6.45) is -0.639. The van der Waals surface area contributed by atoms with Gasteiger partial charge in [-0.05, 0) is 40.6 Å². The quantitative estimate of drug-likeness (QED) is 0.735. The molecule has 0 bridgehead atoms. The summed E-state index contributed by atoms with van der Waals surface area (Å²) in [5, 5.41) is 31.0. The third-order valence-electron chi connectivity index (χ3n) is 2.87. The topological polar surface area (TPSA) is 96.8 Å². The lowest BCUT2D eigenvalue weighted by Crippen LogP contribution is -2.20. The molecule has 0 spiro atoms. The molecule has 122 valence electrons. The highest BCUT2D eigenvalue weighted by Crippen LogP contribution is 2.17. The summed E-state index contributed by atoms with van der Waals surface area (Å²) in [5.74, 6) is 1.51. The zero-order valence-electron chi connectivity index (χ0n) is 13.1. The summed E-state index contributed by atoms with van der Waals surface area (Å²) >= 11 is 1.40. The molecule has 23 heavy (non-hydrogen) atoms. The van der Waals surface area contributed by atoms with E-state index in [0.29, 0.717) is 28.1 Å². The molecule has 0 saturated heterocycles. The second kappa shape index (κ2) is 8.50. The first kappa shape index (κ1) is 17.2. The van der Waals surface area contributed by atoms with Gasteiger partial charge in [0, 0.05) is 12.3 Å². The van der Waals surface area contributed by atoms with Gasteiger partial charge in [0.15, 0.2) is 0 Å². The molecular formula is C15H19N5O2S. The average molecular weight is 333 g/mol. The fourth-order valence-corrected chi connectivity index (χ4v) is 2.59. The third-order valence-corrected chi connectivity index (χ3v) is 3.97. The van der Waals surface area contributed by atoms with Gasteiger partial charge in [0.1, 0.15) is 12.4 Å². The number of benzene rings is 1. The minimum atomic E-state index is -0.639. The monoisotopic (exact) mass is 333 g/mol. The molecule has 0 amide bonds. The molecule has 1 atom stereocenters. The second-order valence-corrected chi connectivity index (χ2v) is 6.44. The maximum Gasteiger partial charge on any atom is 0.209 e. The van der Waals surface area contributed by atoms with E-state index in [1.807, 2.05) is 6.07 Å². The molecule has 1 aromatic carbocycles. The van der Waals surface area contributed by atoms with Gasteiger partial charge in [-0.25, -0.2) is 4.68 Å². The average Bonchev–Trinajstić information content (AvgIpc) is 2.97. The van der Waals surface area contributed by atoms with Crippen molar-refractivity contribution in [2.75, 3.05) is 12.4 Å². The number of aliphatic hydroxyl groups is 1. The number of nitriles is 1. The highest BCUT2D eigenvalue weighted by molar-refractivity contribution is 7.99. The van der Waals surface area contributed by atoms with Gasteiger partial charge in [-0.3, -0.25) is 0 Å². The van der Waals surface area contributed by atoms with Gasteiger partial charge in [0.25, 0.3) is 0 Å². The van der Waals surface area contributed by atoms with Crippen LogP contribution in [0.15, 0.2) is 29.4 Å². The molecule has 2 aromatic rings. The van der Waals surface area contributed by atoms with Gasteiger partial charge in [-0.1, -0.05) is 25.6 Å². The molecule has 1 aromatic heterocycles. The van der Waals surface area contributed by atoms with E-state index in [4.69, 9.17) is 10.00 Å². The molecule has 2 rings (SSSR count). The lowest BCUT2D eigenvalue weighted by Gasteiger charge is -2.12. The molecule has 0 aliphatic heterocycles. The van der Waals surface area contributed by atoms with Crippen molar-refractivity contribution in [2.24, 2.45) is 5.92 Å². The molecule has 0 saturated carbocycles. The van der Waals surface area contributed by atoms with Crippen LogP contribution in [0.5, 0.6) is 5.75 Å².